The third-order valence-corrected chi connectivity index (χ3v) is 4.74. The number of primary amides is 1. The van der Waals surface area contributed by atoms with Gasteiger partial charge in [-0.3, -0.25) is 4.79 Å². The SMILES string of the molecule is COc1cccc(/C=C/C(N)=C(/C(N)=O)c2ccc(OC(F)(F)F)cc2)c1OCC1CC1. The fraction of sp³-hybridized carbons (Fsp3) is 0.261. The number of rotatable bonds is 9. The molecule has 0 aromatic heterocycles. The van der Waals surface area contributed by atoms with Crippen LogP contribution in [0, 0.1) is 5.92 Å². The zero-order valence-electron chi connectivity index (χ0n) is 17.3. The summed E-state index contributed by atoms with van der Waals surface area (Å²) in [6.07, 6.45) is 0.584. The molecule has 4 N–H and O–H groups in total. The van der Waals surface area contributed by atoms with Crippen LogP contribution in [0.25, 0.3) is 11.6 Å². The highest BCUT2D eigenvalue weighted by atomic mass is 19.4. The number of carbonyl (C=O) groups is 1. The lowest BCUT2D eigenvalue weighted by atomic mass is 10.0. The molecule has 0 aliphatic heterocycles. The van der Waals surface area contributed by atoms with Gasteiger partial charge in [0.1, 0.15) is 5.75 Å². The smallest absolute Gasteiger partial charge is 0.493 e. The Morgan fingerprint density at radius 3 is 2.38 bits per heavy atom. The summed E-state index contributed by atoms with van der Waals surface area (Å²) >= 11 is 0. The van der Waals surface area contributed by atoms with E-state index >= 15 is 0 Å². The van der Waals surface area contributed by atoms with Gasteiger partial charge in [-0.1, -0.05) is 24.3 Å². The molecule has 0 bridgehead atoms. The van der Waals surface area contributed by atoms with Crippen molar-refractivity contribution in [1.29, 1.82) is 0 Å². The third-order valence-electron chi connectivity index (χ3n) is 4.74. The highest BCUT2D eigenvalue weighted by Gasteiger charge is 2.31. The highest BCUT2D eigenvalue weighted by Crippen LogP contribution is 2.36. The van der Waals surface area contributed by atoms with Crippen molar-refractivity contribution in [3.8, 4) is 17.2 Å². The zero-order valence-corrected chi connectivity index (χ0v) is 17.3. The summed E-state index contributed by atoms with van der Waals surface area (Å²) in [5.41, 5.74) is 12.5. The molecule has 9 heteroatoms. The third kappa shape index (κ3) is 6.19. The van der Waals surface area contributed by atoms with E-state index in [4.69, 9.17) is 20.9 Å². The molecule has 3 rings (SSSR count). The van der Waals surface area contributed by atoms with Crippen LogP contribution in [-0.4, -0.2) is 26.0 Å². The predicted molar refractivity (Wildman–Crippen MR) is 114 cm³/mol. The van der Waals surface area contributed by atoms with Gasteiger partial charge in [-0.05, 0) is 54.7 Å². The second-order valence-electron chi connectivity index (χ2n) is 7.23. The fourth-order valence-corrected chi connectivity index (χ4v) is 3.00. The summed E-state index contributed by atoms with van der Waals surface area (Å²) in [5.74, 6) is 0.402. The topological polar surface area (TPSA) is 96.8 Å². The molecule has 0 heterocycles. The number of alkyl halides is 3. The van der Waals surface area contributed by atoms with Crippen LogP contribution in [-0.2, 0) is 4.79 Å². The van der Waals surface area contributed by atoms with Crippen LogP contribution in [0.5, 0.6) is 17.2 Å². The molecule has 0 unspecified atom stereocenters. The summed E-state index contributed by atoms with van der Waals surface area (Å²) in [7, 11) is 1.54. The van der Waals surface area contributed by atoms with Crippen LogP contribution < -0.4 is 25.7 Å². The molecule has 32 heavy (non-hydrogen) atoms. The van der Waals surface area contributed by atoms with Gasteiger partial charge in [-0.15, -0.1) is 13.2 Å². The predicted octanol–water partition coefficient (Wildman–Crippen LogP) is 4.25. The number of allylic oxidation sites excluding steroid dienone is 1. The number of ether oxygens (including phenoxy) is 3. The molecule has 6 nitrogen and oxygen atoms in total. The molecule has 1 amide bonds. The van der Waals surface area contributed by atoms with Crippen molar-refractivity contribution in [3.05, 3.63) is 65.4 Å². The van der Waals surface area contributed by atoms with E-state index in [1.165, 1.54) is 18.2 Å². The van der Waals surface area contributed by atoms with Crippen molar-refractivity contribution >= 4 is 17.6 Å². The molecule has 170 valence electrons. The largest absolute Gasteiger partial charge is 0.573 e. The van der Waals surface area contributed by atoms with Gasteiger partial charge in [0.05, 0.1) is 19.3 Å². The van der Waals surface area contributed by atoms with Gasteiger partial charge in [0.2, 0.25) is 0 Å². The van der Waals surface area contributed by atoms with E-state index in [0.717, 1.165) is 25.0 Å². The lowest BCUT2D eigenvalue weighted by Gasteiger charge is -2.13. The zero-order chi connectivity index (χ0) is 23.3. The van der Waals surface area contributed by atoms with Crippen molar-refractivity contribution in [2.75, 3.05) is 13.7 Å². The van der Waals surface area contributed by atoms with Gasteiger partial charge in [-0.25, -0.2) is 0 Å². The van der Waals surface area contributed by atoms with Crippen LogP contribution in [0.4, 0.5) is 13.2 Å². The monoisotopic (exact) mass is 448 g/mol. The number of hydrogen-bond acceptors (Lipinski definition) is 5. The van der Waals surface area contributed by atoms with Gasteiger partial charge < -0.3 is 25.7 Å². The molecule has 2 aromatic carbocycles. The number of nitrogens with two attached hydrogens (primary N) is 2. The molecule has 1 saturated carbocycles. The van der Waals surface area contributed by atoms with E-state index in [1.54, 1.807) is 25.3 Å². The number of benzene rings is 2. The van der Waals surface area contributed by atoms with Crippen LogP contribution >= 0.6 is 0 Å². The molecule has 2 aromatic rings. The van der Waals surface area contributed by atoms with Crippen molar-refractivity contribution < 1.29 is 32.2 Å². The highest BCUT2D eigenvalue weighted by molar-refractivity contribution is 6.20. The maximum Gasteiger partial charge on any atom is 0.573 e. The number of carbonyl (C=O) groups excluding carboxylic acids is 1. The molecule has 1 fully saturated rings. The van der Waals surface area contributed by atoms with Gasteiger partial charge in [0.25, 0.3) is 5.91 Å². The second kappa shape index (κ2) is 9.67. The molecule has 0 radical (unpaired) electrons. The maximum atomic E-state index is 12.4. The van der Waals surface area contributed by atoms with E-state index in [-0.39, 0.29) is 16.8 Å². The molecule has 1 aliphatic carbocycles. The minimum absolute atomic E-state index is 0.0387. The van der Waals surface area contributed by atoms with E-state index in [9.17, 15) is 18.0 Å². The fourth-order valence-electron chi connectivity index (χ4n) is 3.00. The summed E-state index contributed by atoms with van der Waals surface area (Å²) < 4.78 is 52.2. The molecular weight excluding hydrogens is 425 g/mol. The van der Waals surface area contributed by atoms with Crippen LogP contribution in [0.15, 0.2) is 54.2 Å². The minimum atomic E-state index is -4.82. The number of para-hydroxylation sites is 1. The Morgan fingerprint density at radius 1 is 1.12 bits per heavy atom. The number of amides is 1. The van der Waals surface area contributed by atoms with Crippen LogP contribution in [0.2, 0.25) is 0 Å². The molecular formula is C23H23F3N2O4. The summed E-state index contributed by atoms with van der Waals surface area (Å²) in [6.45, 7) is 0.575. The molecule has 0 saturated heterocycles. The van der Waals surface area contributed by atoms with Crippen LogP contribution in [0.3, 0.4) is 0 Å². The van der Waals surface area contributed by atoms with E-state index in [1.807, 2.05) is 6.07 Å². The Kier molecular flexibility index (Phi) is 6.97. The van der Waals surface area contributed by atoms with Crippen molar-refractivity contribution in [2.45, 2.75) is 19.2 Å². The average molecular weight is 448 g/mol. The number of methoxy groups -OCH3 is 1. The Balaban J connectivity index is 1.88. The number of halogens is 3. The first kappa shape index (κ1) is 23.1. The van der Waals surface area contributed by atoms with E-state index < -0.39 is 18.0 Å². The standard InChI is InChI=1S/C23H23F3N2O4/c1-30-19-4-2-3-16(21(19)31-13-14-5-6-14)9-12-18(27)20(22(28)29)15-7-10-17(11-8-15)32-23(24,25)26/h2-4,7-12,14H,5-6,13,27H2,1H3,(H2,28,29)/b12-9+,20-18-. The van der Waals surface area contributed by atoms with Gasteiger partial charge in [0, 0.05) is 11.3 Å². The first-order valence-corrected chi connectivity index (χ1v) is 9.81. The van der Waals surface area contributed by atoms with E-state index in [2.05, 4.69) is 4.74 Å². The normalized spacial score (nSPS) is 14.8. The summed E-state index contributed by atoms with van der Waals surface area (Å²) in [4.78, 5) is 12.0. The molecule has 0 spiro atoms. The second-order valence-corrected chi connectivity index (χ2v) is 7.23. The van der Waals surface area contributed by atoms with Crippen molar-refractivity contribution in [3.63, 3.8) is 0 Å². The lowest BCUT2D eigenvalue weighted by molar-refractivity contribution is -0.274. The lowest BCUT2D eigenvalue weighted by Crippen LogP contribution is -2.18. The Bertz CT molecular complexity index is 1030. The minimum Gasteiger partial charge on any atom is -0.493 e. The first-order valence-electron chi connectivity index (χ1n) is 9.81. The van der Waals surface area contributed by atoms with E-state index in [0.29, 0.717) is 29.6 Å². The first-order chi connectivity index (χ1) is 15.2. The Morgan fingerprint density at radius 2 is 1.81 bits per heavy atom. The molecule has 1 aliphatic rings. The Hall–Kier alpha value is -3.62. The van der Waals surface area contributed by atoms with Crippen LogP contribution in [0.1, 0.15) is 24.0 Å². The van der Waals surface area contributed by atoms with Crippen molar-refractivity contribution in [2.24, 2.45) is 17.4 Å². The average Bonchev–Trinajstić information content (AvgIpc) is 3.55. The van der Waals surface area contributed by atoms with Gasteiger partial charge in [0.15, 0.2) is 11.5 Å². The maximum absolute atomic E-state index is 12.4. The van der Waals surface area contributed by atoms with Crippen molar-refractivity contribution in [1.82, 2.24) is 0 Å². The quantitative estimate of drug-likeness (QED) is 0.442. The summed E-state index contributed by atoms with van der Waals surface area (Å²) in [5, 5.41) is 0. The Labute approximate surface area is 183 Å². The van der Waals surface area contributed by atoms with Gasteiger partial charge >= 0.3 is 6.36 Å². The summed E-state index contributed by atoms with van der Waals surface area (Å²) in [6, 6.07) is 10.1. The number of hydrogen-bond donors (Lipinski definition) is 2. The molecule has 0 atom stereocenters. The van der Waals surface area contributed by atoms with Gasteiger partial charge in [-0.2, -0.15) is 0 Å².